The minimum Gasteiger partial charge on any atom is -0.457 e. The van der Waals surface area contributed by atoms with Crippen molar-refractivity contribution in [2.24, 2.45) is 0 Å². The van der Waals surface area contributed by atoms with E-state index in [1.165, 1.54) is 30.3 Å². The van der Waals surface area contributed by atoms with Crippen LogP contribution in [-0.2, 0) is 0 Å². The molecule has 2 heterocycles. The summed E-state index contributed by atoms with van der Waals surface area (Å²) in [5.41, 5.74) is 1.50. The quantitative estimate of drug-likeness (QED) is 0.435. The van der Waals surface area contributed by atoms with Crippen molar-refractivity contribution < 1.29 is 18.3 Å². The normalized spacial score (nSPS) is 13.3. The van der Waals surface area contributed by atoms with Crippen LogP contribution in [0.15, 0.2) is 66.9 Å². The zero-order valence-electron chi connectivity index (χ0n) is 17.6. The van der Waals surface area contributed by atoms with Crippen molar-refractivity contribution in [2.75, 3.05) is 23.3 Å². The summed E-state index contributed by atoms with van der Waals surface area (Å²) >= 11 is 0. The van der Waals surface area contributed by atoms with Crippen molar-refractivity contribution >= 4 is 28.4 Å². The minimum absolute atomic E-state index is 0.0313. The van der Waals surface area contributed by atoms with E-state index < -0.39 is 17.5 Å². The molecule has 1 N–H and O–H groups in total. The molecule has 8 heteroatoms. The first-order valence-electron chi connectivity index (χ1n) is 10.6. The van der Waals surface area contributed by atoms with E-state index in [1.54, 1.807) is 30.5 Å². The van der Waals surface area contributed by atoms with Crippen molar-refractivity contribution in [3.8, 4) is 11.5 Å². The van der Waals surface area contributed by atoms with Gasteiger partial charge < -0.3 is 15.0 Å². The number of nitrogens with one attached hydrogen (secondary N) is 1. The summed E-state index contributed by atoms with van der Waals surface area (Å²) in [6.07, 6.45) is 4.07. The van der Waals surface area contributed by atoms with Gasteiger partial charge in [0.25, 0.3) is 5.91 Å². The summed E-state index contributed by atoms with van der Waals surface area (Å²) in [5, 5.41) is 2.44. The van der Waals surface area contributed by atoms with E-state index in [0.29, 0.717) is 11.3 Å². The van der Waals surface area contributed by atoms with Crippen LogP contribution in [0.25, 0.3) is 11.0 Å². The molecule has 0 atom stereocenters. The van der Waals surface area contributed by atoms with Crippen LogP contribution < -0.4 is 15.0 Å². The average Bonchev–Trinajstić information content (AvgIpc) is 3.35. The molecular formula is C25H20F2N4O2. The fourth-order valence-corrected chi connectivity index (χ4v) is 3.76. The van der Waals surface area contributed by atoms with E-state index in [4.69, 9.17) is 9.72 Å². The third-order valence-electron chi connectivity index (χ3n) is 5.44. The van der Waals surface area contributed by atoms with Crippen LogP contribution in [-0.4, -0.2) is 29.0 Å². The van der Waals surface area contributed by atoms with Gasteiger partial charge in [0.15, 0.2) is 0 Å². The Hall–Kier alpha value is -4.07. The van der Waals surface area contributed by atoms with Crippen molar-refractivity contribution in [2.45, 2.75) is 12.8 Å². The van der Waals surface area contributed by atoms with E-state index in [-0.39, 0.29) is 17.0 Å². The molecule has 0 aliphatic carbocycles. The summed E-state index contributed by atoms with van der Waals surface area (Å²) in [5.74, 6) is -0.232. The molecule has 1 aromatic heterocycles. The predicted octanol–water partition coefficient (Wildman–Crippen LogP) is 5.55. The van der Waals surface area contributed by atoms with Crippen LogP contribution >= 0.6 is 0 Å². The smallest absolute Gasteiger partial charge is 0.255 e. The molecule has 0 saturated carbocycles. The first-order valence-corrected chi connectivity index (χ1v) is 10.6. The third kappa shape index (κ3) is 4.59. The Balaban J connectivity index is 1.32. The second-order valence-electron chi connectivity index (χ2n) is 7.78. The molecule has 6 nitrogen and oxygen atoms in total. The van der Waals surface area contributed by atoms with Gasteiger partial charge in [0.2, 0.25) is 0 Å². The Morgan fingerprint density at radius 3 is 2.52 bits per heavy atom. The first kappa shape index (κ1) is 20.8. The number of benzene rings is 3. The second-order valence-corrected chi connectivity index (χ2v) is 7.78. The van der Waals surface area contributed by atoms with Gasteiger partial charge in [0, 0.05) is 30.8 Å². The number of amides is 1. The van der Waals surface area contributed by atoms with Crippen molar-refractivity contribution in [1.82, 2.24) is 9.97 Å². The lowest BCUT2D eigenvalue weighted by Crippen LogP contribution is -2.19. The summed E-state index contributed by atoms with van der Waals surface area (Å²) < 4.78 is 33.7. The lowest BCUT2D eigenvalue weighted by atomic mass is 10.2. The molecule has 0 bridgehead atoms. The van der Waals surface area contributed by atoms with Crippen LogP contribution in [0.4, 0.5) is 20.3 Å². The Labute approximate surface area is 188 Å². The van der Waals surface area contributed by atoms with Gasteiger partial charge in [0.05, 0.1) is 22.9 Å². The van der Waals surface area contributed by atoms with E-state index >= 15 is 0 Å². The number of anilines is 2. The van der Waals surface area contributed by atoms with E-state index in [2.05, 4.69) is 15.2 Å². The summed E-state index contributed by atoms with van der Waals surface area (Å²) in [6.45, 7) is 1.94. The number of halogens is 2. The van der Waals surface area contributed by atoms with Crippen LogP contribution in [0.1, 0.15) is 23.2 Å². The van der Waals surface area contributed by atoms with Crippen molar-refractivity contribution in [3.63, 3.8) is 0 Å². The Bertz CT molecular complexity index is 1340. The zero-order valence-corrected chi connectivity index (χ0v) is 17.6. The lowest BCUT2D eigenvalue weighted by molar-refractivity contribution is 0.102. The molecule has 1 aliphatic rings. The average molecular weight is 446 g/mol. The summed E-state index contributed by atoms with van der Waals surface area (Å²) in [4.78, 5) is 23.6. The van der Waals surface area contributed by atoms with Crippen LogP contribution in [0.2, 0.25) is 0 Å². The van der Waals surface area contributed by atoms with Crippen molar-refractivity contribution in [1.29, 1.82) is 0 Å². The molecule has 0 radical (unpaired) electrons. The van der Waals surface area contributed by atoms with Gasteiger partial charge in [-0.05, 0) is 55.3 Å². The maximum absolute atomic E-state index is 14.6. The standard InChI is InChI=1S/C25H20F2N4O2/c26-17-5-3-4-16(12-17)25(32)30-21-8-6-18(13-20(21)27)33-19-7-9-22-23(14-19)29-24(15-28-22)31-10-1-2-11-31/h3-9,12-15H,1-2,10-11H2,(H,30,32). The van der Waals surface area contributed by atoms with Crippen molar-refractivity contribution in [3.05, 3.63) is 84.1 Å². The van der Waals surface area contributed by atoms with Gasteiger partial charge in [-0.3, -0.25) is 9.78 Å². The van der Waals surface area contributed by atoms with Gasteiger partial charge in [-0.25, -0.2) is 13.8 Å². The molecule has 3 aromatic carbocycles. The number of aromatic nitrogens is 2. The highest BCUT2D eigenvalue weighted by atomic mass is 19.1. The molecule has 0 unspecified atom stereocenters. The molecule has 0 spiro atoms. The molecule has 1 saturated heterocycles. The number of rotatable bonds is 5. The number of carbonyl (C=O) groups is 1. The first-order chi connectivity index (χ1) is 16.0. The molecule has 1 fully saturated rings. The van der Waals surface area contributed by atoms with Gasteiger partial charge in [-0.1, -0.05) is 6.07 Å². The van der Waals surface area contributed by atoms with Crippen LogP contribution in [0.5, 0.6) is 11.5 Å². The molecule has 5 rings (SSSR count). The van der Waals surface area contributed by atoms with E-state index in [0.717, 1.165) is 43.3 Å². The Morgan fingerprint density at radius 2 is 1.73 bits per heavy atom. The number of carbonyl (C=O) groups excluding carboxylic acids is 1. The number of fused-ring (bicyclic) bond motifs is 1. The number of ether oxygens (including phenoxy) is 1. The maximum Gasteiger partial charge on any atom is 0.255 e. The second kappa shape index (κ2) is 8.82. The van der Waals surface area contributed by atoms with E-state index in [1.807, 2.05) is 0 Å². The van der Waals surface area contributed by atoms with Gasteiger partial charge in [-0.2, -0.15) is 0 Å². The van der Waals surface area contributed by atoms with Gasteiger partial charge >= 0.3 is 0 Å². The third-order valence-corrected chi connectivity index (χ3v) is 5.44. The zero-order chi connectivity index (χ0) is 22.8. The van der Waals surface area contributed by atoms with Gasteiger partial charge in [0.1, 0.15) is 29.0 Å². The predicted molar refractivity (Wildman–Crippen MR) is 122 cm³/mol. The summed E-state index contributed by atoms with van der Waals surface area (Å²) in [6, 6.07) is 14.6. The highest BCUT2D eigenvalue weighted by molar-refractivity contribution is 6.04. The van der Waals surface area contributed by atoms with Crippen LogP contribution in [0, 0.1) is 11.6 Å². The molecule has 4 aromatic rings. The molecule has 1 amide bonds. The Morgan fingerprint density at radius 1 is 0.939 bits per heavy atom. The molecular weight excluding hydrogens is 426 g/mol. The van der Waals surface area contributed by atoms with Crippen LogP contribution in [0.3, 0.4) is 0 Å². The fourth-order valence-electron chi connectivity index (χ4n) is 3.76. The maximum atomic E-state index is 14.6. The SMILES string of the molecule is O=C(Nc1ccc(Oc2ccc3ncc(N4CCCC4)nc3c2)cc1F)c1cccc(F)c1. The monoisotopic (exact) mass is 446 g/mol. The topological polar surface area (TPSA) is 67.3 Å². The highest BCUT2D eigenvalue weighted by Crippen LogP contribution is 2.28. The number of hydrogen-bond donors (Lipinski definition) is 1. The van der Waals surface area contributed by atoms with Gasteiger partial charge in [-0.15, -0.1) is 0 Å². The lowest BCUT2D eigenvalue weighted by Gasteiger charge is -2.16. The molecule has 1 aliphatic heterocycles. The summed E-state index contributed by atoms with van der Waals surface area (Å²) in [7, 11) is 0. The largest absolute Gasteiger partial charge is 0.457 e. The number of nitrogens with zero attached hydrogens (tertiary/aromatic N) is 3. The Kier molecular flexibility index (Phi) is 5.56. The number of hydrogen-bond acceptors (Lipinski definition) is 5. The fraction of sp³-hybridized carbons (Fsp3) is 0.160. The molecule has 166 valence electrons. The molecule has 33 heavy (non-hydrogen) atoms. The minimum atomic E-state index is -0.672. The van der Waals surface area contributed by atoms with E-state index in [9.17, 15) is 13.6 Å². The highest BCUT2D eigenvalue weighted by Gasteiger charge is 2.15.